The zero-order valence-electron chi connectivity index (χ0n) is 14.3. The molecule has 1 saturated carbocycles. The lowest BCUT2D eigenvalue weighted by molar-refractivity contribution is -0.155. The summed E-state index contributed by atoms with van der Waals surface area (Å²) in [5, 5.41) is 9.97. The lowest BCUT2D eigenvalue weighted by Gasteiger charge is -2.56. The van der Waals surface area contributed by atoms with Crippen LogP contribution in [0, 0.1) is 11.8 Å². The van der Waals surface area contributed by atoms with Crippen molar-refractivity contribution in [2.24, 2.45) is 11.8 Å². The van der Waals surface area contributed by atoms with E-state index in [0.29, 0.717) is 5.91 Å². The van der Waals surface area contributed by atoms with Crippen LogP contribution >= 0.6 is 0 Å². The Morgan fingerprint density at radius 3 is 2.41 bits per heavy atom. The Morgan fingerprint density at radius 1 is 1.23 bits per heavy atom. The second kappa shape index (κ2) is 6.48. The molecule has 0 bridgehead atoms. The maximum atomic E-state index is 13.2. The molecule has 4 heteroatoms. The van der Waals surface area contributed by atoms with E-state index < -0.39 is 0 Å². The van der Waals surface area contributed by atoms with E-state index in [1.807, 2.05) is 6.92 Å². The van der Waals surface area contributed by atoms with E-state index in [1.54, 1.807) is 0 Å². The summed E-state index contributed by atoms with van der Waals surface area (Å²) in [6.07, 6.45) is 7.53. The van der Waals surface area contributed by atoms with Crippen LogP contribution in [0.2, 0.25) is 0 Å². The largest absolute Gasteiger partial charge is 0.393 e. The predicted molar refractivity (Wildman–Crippen MR) is 87.5 cm³/mol. The van der Waals surface area contributed by atoms with Gasteiger partial charge in [0.05, 0.1) is 6.10 Å². The number of piperidine rings is 2. The number of nitrogens with zero attached hydrogens (tertiary/aromatic N) is 2. The average Bonchev–Trinajstić information content (AvgIpc) is 2.52. The van der Waals surface area contributed by atoms with Crippen LogP contribution in [0.5, 0.6) is 0 Å². The van der Waals surface area contributed by atoms with Crippen molar-refractivity contribution >= 4 is 5.91 Å². The standard InChI is InChI=1S/C18H32N2O2/c1-3-19-11-6-15(7-12-19)17(22)20-13-16(14(2)21)5-10-18(20)8-4-9-18/h14-16,21H,3-13H2,1-2H3. The summed E-state index contributed by atoms with van der Waals surface area (Å²) < 4.78 is 0. The molecular formula is C18H32N2O2. The quantitative estimate of drug-likeness (QED) is 0.870. The monoisotopic (exact) mass is 308 g/mol. The number of likely N-dealkylation sites (tertiary alicyclic amines) is 2. The van der Waals surface area contributed by atoms with Crippen molar-refractivity contribution in [1.29, 1.82) is 0 Å². The molecular weight excluding hydrogens is 276 g/mol. The van der Waals surface area contributed by atoms with Crippen LogP contribution in [0.15, 0.2) is 0 Å². The van der Waals surface area contributed by atoms with Gasteiger partial charge in [0, 0.05) is 23.9 Å². The molecule has 1 amide bonds. The van der Waals surface area contributed by atoms with Gasteiger partial charge >= 0.3 is 0 Å². The van der Waals surface area contributed by atoms with Gasteiger partial charge in [0.25, 0.3) is 0 Å². The zero-order valence-corrected chi connectivity index (χ0v) is 14.3. The maximum absolute atomic E-state index is 13.2. The van der Waals surface area contributed by atoms with Crippen LogP contribution in [0.1, 0.15) is 58.8 Å². The first-order valence-electron chi connectivity index (χ1n) is 9.27. The second-order valence-electron chi connectivity index (χ2n) is 7.77. The van der Waals surface area contributed by atoms with Crippen LogP contribution < -0.4 is 0 Å². The minimum absolute atomic E-state index is 0.157. The Morgan fingerprint density at radius 2 is 1.91 bits per heavy atom. The normalized spacial score (nSPS) is 31.0. The van der Waals surface area contributed by atoms with Crippen LogP contribution in [0.25, 0.3) is 0 Å². The molecule has 2 heterocycles. The molecule has 1 N–H and O–H groups in total. The van der Waals surface area contributed by atoms with E-state index >= 15 is 0 Å². The number of aliphatic hydroxyl groups excluding tert-OH is 1. The third-order valence-electron chi connectivity index (χ3n) is 6.59. The molecule has 2 atom stereocenters. The van der Waals surface area contributed by atoms with Crippen LogP contribution in [-0.2, 0) is 4.79 Å². The summed E-state index contributed by atoms with van der Waals surface area (Å²) in [5.74, 6) is 0.875. The Bertz CT molecular complexity index is 398. The minimum atomic E-state index is -0.297. The highest BCUT2D eigenvalue weighted by molar-refractivity contribution is 5.80. The third-order valence-corrected chi connectivity index (χ3v) is 6.59. The number of hydrogen-bond donors (Lipinski definition) is 1. The predicted octanol–water partition coefficient (Wildman–Crippen LogP) is 2.26. The molecule has 0 aromatic heterocycles. The Labute approximate surface area is 134 Å². The maximum Gasteiger partial charge on any atom is 0.226 e. The number of amides is 1. The molecule has 4 nitrogen and oxygen atoms in total. The number of carbonyl (C=O) groups is 1. The van der Waals surface area contributed by atoms with Crippen LogP contribution in [0.4, 0.5) is 0 Å². The number of carbonyl (C=O) groups excluding carboxylic acids is 1. The number of aliphatic hydroxyl groups is 1. The highest BCUT2D eigenvalue weighted by Gasteiger charge is 2.49. The average molecular weight is 308 g/mol. The van der Waals surface area contributed by atoms with Crippen molar-refractivity contribution in [2.45, 2.75) is 70.4 Å². The van der Waals surface area contributed by atoms with Crippen molar-refractivity contribution in [1.82, 2.24) is 9.80 Å². The van der Waals surface area contributed by atoms with E-state index in [1.165, 1.54) is 19.3 Å². The molecule has 3 aliphatic rings. The summed E-state index contributed by atoms with van der Waals surface area (Å²) in [6, 6.07) is 0. The fraction of sp³-hybridized carbons (Fsp3) is 0.944. The summed E-state index contributed by atoms with van der Waals surface area (Å²) in [4.78, 5) is 17.8. The van der Waals surface area contributed by atoms with E-state index in [9.17, 15) is 9.90 Å². The molecule has 2 saturated heterocycles. The van der Waals surface area contributed by atoms with E-state index in [-0.39, 0.29) is 23.5 Å². The van der Waals surface area contributed by atoms with Gasteiger partial charge in [-0.15, -0.1) is 0 Å². The smallest absolute Gasteiger partial charge is 0.226 e. The van der Waals surface area contributed by atoms with Crippen molar-refractivity contribution in [2.75, 3.05) is 26.2 Å². The zero-order chi connectivity index (χ0) is 15.7. The van der Waals surface area contributed by atoms with Gasteiger partial charge in [0.2, 0.25) is 5.91 Å². The molecule has 2 unspecified atom stereocenters. The molecule has 2 aliphatic heterocycles. The Hall–Kier alpha value is -0.610. The molecule has 1 spiro atoms. The van der Waals surface area contributed by atoms with Gasteiger partial charge in [-0.2, -0.15) is 0 Å². The lowest BCUT2D eigenvalue weighted by Crippen LogP contribution is -2.62. The molecule has 3 rings (SSSR count). The van der Waals surface area contributed by atoms with E-state index in [0.717, 1.165) is 51.9 Å². The highest BCUT2D eigenvalue weighted by Crippen LogP contribution is 2.47. The Kier molecular flexibility index (Phi) is 4.79. The van der Waals surface area contributed by atoms with E-state index in [2.05, 4.69) is 16.7 Å². The van der Waals surface area contributed by atoms with Crippen molar-refractivity contribution in [3.63, 3.8) is 0 Å². The van der Waals surface area contributed by atoms with Gasteiger partial charge in [-0.05, 0) is 71.5 Å². The summed E-state index contributed by atoms with van der Waals surface area (Å²) in [6.45, 7) is 8.08. The summed E-state index contributed by atoms with van der Waals surface area (Å²) >= 11 is 0. The summed E-state index contributed by atoms with van der Waals surface area (Å²) in [5.41, 5.74) is 0.157. The third kappa shape index (κ3) is 2.92. The van der Waals surface area contributed by atoms with Gasteiger partial charge in [0.1, 0.15) is 0 Å². The molecule has 126 valence electrons. The van der Waals surface area contributed by atoms with Crippen molar-refractivity contribution in [3.8, 4) is 0 Å². The fourth-order valence-corrected chi connectivity index (χ4v) is 4.65. The first-order chi connectivity index (χ1) is 10.6. The van der Waals surface area contributed by atoms with Gasteiger partial charge in [-0.25, -0.2) is 0 Å². The number of hydrogen-bond acceptors (Lipinski definition) is 3. The molecule has 3 fully saturated rings. The van der Waals surface area contributed by atoms with Gasteiger partial charge in [0.15, 0.2) is 0 Å². The first kappa shape index (κ1) is 16.3. The second-order valence-corrected chi connectivity index (χ2v) is 7.77. The van der Waals surface area contributed by atoms with Gasteiger partial charge in [-0.3, -0.25) is 4.79 Å². The summed E-state index contributed by atoms with van der Waals surface area (Å²) in [7, 11) is 0. The van der Waals surface area contributed by atoms with E-state index in [4.69, 9.17) is 0 Å². The van der Waals surface area contributed by atoms with Crippen LogP contribution in [0.3, 0.4) is 0 Å². The lowest BCUT2D eigenvalue weighted by atomic mass is 9.67. The highest BCUT2D eigenvalue weighted by atomic mass is 16.3. The minimum Gasteiger partial charge on any atom is -0.393 e. The molecule has 22 heavy (non-hydrogen) atoms. The van der Waals surface area contributed by atoms with Crippen molar-refractivity contribution < 1.29 is 9.90 Å². The Balaban J connectivity index is 1.68. The SMILES string of the molecule is CCN1CCC(C(=O)N2CC(C(C)O)CCC23CCC3)CC1. The van der Waals surface area contributed by atoms with Gasteiger partial charge in [-0.1, -0.05) is 6.92 Å². The van der Waals surface area contributed by atoms with Crippen LogP contribution in [-0.4, -0.2) is 58.6 Å². The van der Waals surface area contributed by atoms with Gasteiger partial charge < -0.3 is 14.9 Å². The van der Waals surface area contributed by atoms with Crippen molar-refractivity contribution in [3.05, 3.63) is 0 Å². The molecule has 1 aliphatic carbocycles. The molecule has 0 aromatic rings. The first-order valence-corrected chi connectivity index (χ1v) is 9.27. The topological polar surface area (TPSA) is 43.8 Å². The molecule has 0 radical (unpaired) electrons. The molecule has 0 aromatic carbocycles. The fourth-order valence-electron chi connectivity index (χ4n) is 4.65. The number of rotatable bonds is 3.